The molecule has 2 aromatic rings. The van der Waals surface area contributed by atoms with Gasteiger partial charge in [0.1, 0.15) is 17.1 Å². The molecular weight excluding hydrogens is 300 g/mol. The van der Waals surface area contributed by atoms with Crippen LogP contribution in [-0.2, 0) is 0 Å². The fourth-order valence-electron chi connectivity index (χ4n) is 2.18. The van der Waals surface area contributed by atoms with Gasteiger partial charge >= 0.3 is 5.97 Å². The van der Waals surface area contributed by atoms with Gasteiger partial charge in [-0.15, -0.1) is 0 Å². The minimum atomic E-state index is -0.443. The number of carbonyl (C=O) groups excluding carboxylic acids is 1. The Kier molecular flexibility index (Phi) is 5.09. The minimum Gasteiger partial charge on any atom is -0.496 e. The summed E-state index contributed by atoms with van der Waals surface area (Å²) < 4.78 is 10.8. The summed E-state index contributed by atoms with van der Waals surface area (Å²) >= 11 is 6.17. The minimum absolute atomic E-state index is 0.193. The normalized spacial score (nSPS) is 10.6. The van der Waals surface area contributed by atoms with E-state index in [1.165, 1.54) is 7.11 Å². The molecule has 0 amide bonds. The smallest absolute Gasteiger partial charge is 0.347 e. The predicted molar refractivity (Wildman–Crippen MR) is 88.2 cm³/mol. The van der Waals surface area contributed by atoms with Gasteiger partial charge in [0.05, 0.1) is 7.11 Å². The number of esters is 1. The molecule has 0 aliphatic carbocycles. The van der Waals surface area contributed by atoms with Crippen LogP contribution >= 0.6 is 11.6 Å². The Hall–Kier alpha value is -2.00. The molecular formula is C18H19ClO3. The van der Waals surface area contributed by atoms with Gasteiger partial charge < -0.3 is 9.47 Å². The number of rotatable bonds is 4. The first-order valence-corrected chi connectivity index (χ1v) is 7.47. The zero-order valence-corrected chi connectivity index (χ0v) is 13.9. The number of hydrogen-bond acceptors (Lipinski definition) is 3. The Morgan fingerprint density at radius 1 is 1.14 bits per heavy atom. The quantitative estimate of drug-likeness (QED) is 0.588. The molecule has 3 nitrogen and oxygen atoms in total. The van der Waals surface area contributed by atoms with Gasteiger partial charge in [-0.1, -0.05) is 37.6 Å². The van der Waals surface area contributed by atoms with Crippen LogP contribution in [0.4, 0.5) is 0 Å². The molecule has 0 radical (unpaired) electrons. The average molecular weight is 319 g/mol. The molecule has 0 aliphatic rings. The number of benzene rings is 2. The van der Waals surface area contributed by atoms with E-state index in [1.54, 1.807) is 24.3 Å². The topological polar surface area (TPSA) is 35.5 Å². The van der Waals surface area contributed by atoms with Crippen LogP contribution < -0.4 is 9.47 Å². The van der Waals surface area contributed by atoms with Gasteiger partial charge in [0.25, 0.3) is 0 Å². The second kappa shape index (κ2) is 6.84. The number of carbonyl (C=O) groups is 1. The zero-order valence-electron chi connectivity index (χ0n) is 13.1. The molecule has 0 saturated carbocycles. The molecule has 0 heterocycles. The molecule has 0 spiro atoms. The van der Waals surface area contributed by atoms with Gasteiger partial charge in [-0.05, 0) is 48.2 Å². The van der Waals surface area contributed by atoms with E-state index in [0.717, 1.165) is 11.1 Å². The summed E-state index contributed by atoms with van der Waals surface area (Å²) in [5.41, 5.74) is 2.17. The largest absolute Gasteiger partial charge is 0.496 e. The van der Waals surface area contributed by atoms with E-state index in [9.17, 15) is 4.79 Å². The van der Waals surface area contributed by atoms with Gasteiger partial charge in [0.2, 0.25) is 0 Å². The average Bonchev–Trinajstić information content (AvgIpc) is 2.50. The van der Waals surface area contributed by atoms with Crippen molar-refractivity contribution in [2.24, 2.45) is 0 Å². The number of methoxy groups -OCH3 is 1. The fraction of sp³-hybridized carbons (Fsp3) is 0.278. The van der Waals surface area contributed by atoms with E-state index >= 15 is 0 Å². The van der Waals surface area contributed by atoms with Crippen LogP contribution in [-0.4, -0.2) is 13.1 Å². The first-order chi connectivity index (χ1) is 10.4. The SMILES string of the molecule is COc1ccccc1C(=O)Oc1cc(C)c(Cl)cc1C(C)C. The second-order valence-corrected chi connectivity index (χ2v) is 5.79. The summed E-state index contributed by atoms with van der Waals surface area (Å²) in [7, 11) is 1.53. The highest BCUT2D eigenvalue weighted by atomic mass is 35.5. The van der Waals surface area contributed by atoms with Crippen LogP contribution in [0.3, 0.4) is 0 Å². The van der Waals surface area contributed by atoms with E-state index in [2.05, 4.69) is 0 Å². The Bertz CT molecular complexity index is 693. The van der Waals surface area contributed by atoms with Gasteiger partial charge in [-0.25, -0.2) is 4.79 Å². The highest BCUT2D eigenvalue weighted by molar-refractivity contribution is 6.31. The lowest BCUT2D eigenvalue weighted by molar-refractivity contribution is 0.0729. The molecule has 116 valence electrons. The number of para-hydroxylation sites is 1. The highest BCUT2D eigenvalue weighted by Crippen LogP contribution is 2.33. The van der Waals surface area contributed by atoms with Crippen molar-refractivity contribution in [1.29, 1.82) is 0 Å². The van der Waals surface area contributed by atoms with Crippen LogP contribution in [0.2, 0.25) is 5.02 Å². The van der Waals surface area contributed by atoms with E-state index < -0.39 is 5.97 Å². The van der Waals surface area contributed by atoms with Crippen LogP contribution in [0.15, 0.2) is 36.4 Å². The first-order valence-electron chi connectivity index (χ1n) is 7.09. The van der Waals surface area contributed by atoms with Crippen molar-refractivity contribution in [3.63, 3.8) is 0 Å². The lowest BCUT2D eigenvalue weighted by atomic mass is 10.0. The highest BCUT2D eigenvalue weighted by Gasteiger charge is 2.18. The lowest BCUT2D eigenvalue weighted by Gasteiger charge is -2.15. The number of hydrogen-bond donors (Lipinski definition) is 0. The summed E-state index contributed by atoms with van der Waals surface area (Å²) in [5.74, 6) is 0.775. The Balaban J connectivity index is 2.38. The maximum Gasteiger partial charge on any atom is 0.347 e. The van der Waals surface area contributed by atoms with Crippen LogP contribution in [0.5, 0.6) is 11.5 Å². The van der Waals surface area contributed by atoms with Crippen LogP contribution in [0.1, 0.15) is 41.3 Å². The standard InChI is InChI=1S/C18H19ClO3/c1-11(2)14-10-15(19)12(3)9-17(14)22-18(20)13-7-5-6-8-16(13)21-4/h5-11H,1-4H3. The first kappa shape index (κ1) is 16.4. The zero-order chi connectivity index (χ0) is 16.3. The summed E-state index contributed by atoms with van der Waals surface area (Å²) in [6.07, 6.45) is 0. The molecule has 0 unspecified atom stereocenters. The van der Waals surface area contributed by atoms with E-state index in [1.807, 2.05) is 32.9 Å². The fourth-order valence-corrected chi connectivity index (χ4v) is 2.35. The van der Waals surface area contributed by atoms with Crippen molar-refractivity contribution in [3.8, 4) is 11.5 Å². The Morgan fingerprint density at radius 2 is 1.82 bits per heavy atom. The maximum atomic E-state index is 12.4. The van der Waals surface area contributed by atoms with Crippen molar-refractivity contribution in [3.05, 3.63) is 58.1 Å². The van der Waals surface area contributed by atoms with Gasteiger partial charge in [0, 0.05) is 5.02 Å². The molecule has 2 rings (SSSR count). The van der Waals surface area contributed by atoms with Gasteiger partial charge in [-0.2, -0.15) is 0 Å². The molecule has 4 heteroatoms. The lowest BCUT2D eigenvalue weighted by Crippen LogP contribution is -2.12. The Labute approximate surface area is 135 Å². The van der Waals surface area contributed by atoms with Crippen molar-refractivity contribution in [2.75, 3.05) is 7.11 Å². The van der Waals surface area contributed by atoms with Crippen molar-refractivity contribution in [1.82, 2.24) is 0 Å². The van der Waals surface area contributed by atoms with Gasteiger partial charge in [0.15, 0.2) is 0 Å². The third kappa shape index (κ3) is 3.42. The molecule has 2 aromatic carbocycles. The summed E-state index contributed by atoms with van der Waals surface area (Å²) in [6.45, 7) is 5.94. The number of ether oxygens (including phenoxy) is 2. The van der Waals surface area contributed by atoms with Crippen molar-refractivity contribution in [2.45, 2.75) is 26.7 Å². The van der Waals surface area contributed by atoms with Crippen molar-refractivity contribution >= 4 is 17.6 Å². The van der Waals surface area contributed by atoms with Gasteiger partial charge in [-0.3, -0.25) is 0 Å². The third-order valence-corrected chi connectivity index (χ3v) is 3.85. The van der Waals surface area contributed by atoms with Crippen LogP contribution in [0.25, 0.3) is 0 Å². The number of halogens is 1. The molecule has 0 fully saturated rings. The maximum absolute atomic E-state index is 12.4. The summed E-state index contributed by atoms with van der Waals surface area (Å²) in [6, 6.07) is 10.6. The summed E-state index contributed by atoms with van der Waals surface area (Å²) in [5, 5.41) is 0.667. The second-order valence-electron chi connectivity index (χ2n) is 5.38. The Morgan fingerprint density at radius 3 is 2.45 bits per heavy atom. The molecule has 0 aliphatic heterocycles. The monoisotopic (exact) mass is 318 g/mol. The summed E-state index contributed by atoms with van der Waals surface area (Å²) in [4.78, 5) is 12.4. The molecule has 0 atom stereocenters. The molecule has 0 aromatic heterocycles. The molecule has 0 N–H and O–H groups in total. The van der Waals surface area contributed by atoms with E-state index in [-0.39, 0.29) is 5.92 Å². The molecule has 22 heavy (non-hydrogen) atoms. The van der Waals surface area contributed by atoms with E-state index in [4.69, 9.17) is 21.1 Å². The predicted octanol–water partition coefficient (Wildman–Crippen LogP) is 5.00. The molecule has 0 saturated heterocycles. The number of aryl methyl sites for hydroxylation is 1. The molecule has 0 bridgehead atoms. The van der Waals surface area contributed by atoms with Crippen molar-refractivity contribution < 1.29 is 14.3 Å². The van der Waals surface area contributed by atoms with Crippen LogP contribution in [0, 0.1) is 6.92 Å². The third-order valence-electron chi connectivity index (χ3n) is 3.44. The van der Waals surface area contributed by atoms with E-state index in [0.29, 0.717) is 22.1 Å².